The molecule has 3 heteroatoms. The van der Waals surface area contributed by atoms with E-state index in [1.54, 1.807) is 7.05 Å². The Morgan fingerprint density at radius 1 is 1.89 bits per heavy atom. The van der Waals surface area contributed by atoms with Crippen molar-refractivity contribution in [3.05, 3.63) is 0 Å². The number of rotatable bonds is 2. The predicted octanol–water partition coefficient (Wildman–Crippen LogP) is -0.639. The van der Waals surface area contributed by atoms with E-state index in [1.165, 1.54) is 0 Å². The number of carbonyl (C=O) groups is 1. The molecular formula is C6H11NO2. The van der Waals surface area contributed by atoms with E-state index in [-0.39, 0.29) is 24.3 Å². The van der Waals surface area contributed by atoms with Crippen LogP contribution >= 0.6 is 0 Å². The maximum Gasteiger partial charge on any atom is 0.223 e. The molecule has 1 saturated carbocycles. The molecule has 0 aliphatic heterocycles. The van der Waals surface area contributed by atoms with E-state index in [0.717, 1.165) is 6.42 Å². The molecule has 1 amide bonds. The highest BCUT2D eigenvalue weighted by atomic mass is 16.3. The van der Waals surface area contributed by atoms with E-state index >= 15 is 0 Å². The predicted molar refractivity (Wildman–Crippen MR) is 32.7 cm³/mol. The van der Waals surface area contributed by atoms with Gasteiger partial charge >= 0.3 is 0 Å². The van der Waals surface area contributed by atoms with Crippen molar-refractivity contribution in [2.75, 3.05) is 13.7 Å². The fourth-order valence-electron chi connectivity index (χ4n) is 0.956. The minimum absolute atomic E-state index is 0.0639. The molecule has 0 aromatic heterocycles. The Kier molecular flexibility index (Phi) is 1.71. The minimum Gasteiger partial charge on any atom is -0.396 e. The van der Waals surface area contributed by atoms with E-state index in [2.05, 4.69) is 5.32 Å². The maximum absolute atomic E-state index is 10.7. The van der Waals surface area contributed by atoms with Crippen LogP contribution in [0.1, 0.15) is 6.42 Å². The zero-order valence-electron chi connectivity index (χ0n) is 5.42. The number of aliphatic hydroxyl groups excluding tert-OH is 1. The lowest BCUT2D eigenvalue weighted by Crippen LogP contribution is -2.20. The van der Waals surface area contributed by atoms with Crippen LogP contribution in [0.3, 0.4) is 0 Å². The first-order valence-electron chi connectivity index (χ1n) is 3.12. The molecule has 2 atom stereocenters. The van der Waals surface area contributed by atoms with Crippen molar-refractivity contribution in [1.82, 2.24) is 5.32 Å². The van der Waals surface area contributed by atoms with Crippen LogP contribution in [0.4, 0.5) is 0 Å². The van der Waals surface area contributed by atoms with Gasteiger partial charge in [-0.05, 0) is 12.3 Å². The summed E-state index contributed by atoms with van der Waals surface area (Å²) in [5, 5.41) is 11.1. The van der Waals surface area contributed by atoms with Gasteiger partial charge in [-0.15, -0.1) is 0 Å². The number of hydrogen-bond donors (Lipinski definition) is 2. The van der Waals surface area contributed by atoms with Gasteiger partial charge in [0.15, 0.2) is 0 Å². The second-order valence-corrected chi connectivity index (χ2v) is 2.40. The molecule has 1 rings (SSSR count). The summed E-state index contributed by atoms with van der Waals surface area (Å²) in [4.78, 5) is 10.7. The Morgan fingerprint density at radius 2 is 2.56 bits per heavy atom. The Balaban J connectivity index is 2.25. The molecule has 0 bridgehead atoms. The van der Waals surface area contributed by atoms with Crippen LogP contribution in [0.2, 0.25) is 0 Å². The normalized spacial score (nSPS) is 31.8. The summed E-state index contributed by atoms with van der Waals surface area (Å²) in [6.45, 7) is 0.151. The Labute approximate surface area is 54.1 Å². The van der Waals surface area contributed by atoms with Crippen LogP contribution in [-0.4, -0.2) is 24.7 Å². The van der Waals surface area contributed by atoms with Crippen LogP contribution in [0.25, 0.3) is 0 Å². The third kappa shape index (κ3) is 1.21. The smallest absolute Gasteiger partial charge is 0.223 e. The van der Waals surface area contributed by atoms with Crippen LogP contribution in [0, 0.1) is 11.8 Å². The summed E-state index contributed by atoms with van der Waals surface area (Å²) >= 11 is 0. The Morgan fingerprint density at radius 3 is 2.89 bits per heavy atom. The van der Waals surface area contributed by atoms with Crippen LogP contribution in [0.5, 0.6) is 0 Å². The van der Waals surface area contributed by atoms with Crippen molar-refractivity contribution in [1.29, 1.82) is 0 Å². The highest BCUT2D eigenvalue weighted by Gasteiger charge is 2.41. The van der Waals surface area contributed by atoms with E-state index in [1.807, 2.05) is 0 Å². The second kappa shape index (κ2) is 2.35. The lowest BCUT2D eigenvalue weighted by molar-refractivity contribution is -0.122. The van der Waals surface area contributed by atoms with Gasteiger partial charge < -0.3 is 10.4 Å². The average molecular weight is 129 g/mol. The number of carbonyl (C=O) groups excluding carboxylic acids is 1. The molecule has 0 radical (unpaired) electrons. The molecule has 9 heavy (non-hydrogen) atoms. The second-order valence-electron chi connectivity index (χ2n) is 2.40. The highest BCUT2D eigenvalue weighted by Crippen LogP contribution is 2.37. The third-order valence-corrected chi connectivity index (χ3v) is 1.74. The van der Waals surface area contributed by atoms with Crippen molar-refractivity contribution in [2.24, 2.45) is 11.8 Å². The molecule has 2 N–H and O–H groups in total. The topological polar surface area (TPSA) is 49.3 Å². The van der Waals surface area contributed by atoms with Gasteiger partial charge in [0.05, 0.1) is 0 Å². The van der Waals surface area contributed by atoms with Gasteiger partial charge in [-0.25, -0.2) is 0 Å². The molecule has 0 saturated heterocycles. The minimum atomic E-state index is 0.0639. The molecule has 52 valence electrons. The fourth-order valence-corrected chi connectivity index (χ4v) is 0.956. The van der Waals surface area contributed by atoms with Gasteiger partial charge in [0.25, 0.3) is 0 Å². The number of nitrogens with one attached hydrogen (secondary N) is 1. The molecule has 0 unspecified atom stereocenters. The average Bonchev–Trinajstić information content (AvgIpc) is 2.64. The molecule has 1 fully saturated rings. The first-order valence-corrected chi connectivity index (χ1v) is 3.12. The Bertz CT molecular complexity index is 124. The lowest BCUT2D eigenvalue weighted by Gasteiger charge is -1.93. The summed E-state index contributed by atoms with van der Waals surface area (Å²) in [6, 6.07) is 0. The van der Waals surface area contributed by atoms with Gasteiger partial charge in [-0.2, -0.15) is 0 Å². The van der Waals surface area contributed by atoms with Crippen molar-refractivity contribution in [2.45, 2.75) is 6.42 Å². The monoisotopic (exact) mass is 129 g/mol. The summed E-state index contributed by atoms with van der Waals surface area (Å²) < 4.78 is 0. The zero-order valence-corrected chi connectivity index (χ0v) is 5.42. The van der Waals surface area contributed by atoms with E-state index in [4.69, 9.17) is 5.11 Å². The van der Waals surface area contributed by atoms with Crippen molar-refractivity contribution < 1.29 is 9.90 Å². The fraction of sp³-hybridized carbons (Fsp3) is 0.833. The van der Waals surface area contributed by atoms with E-state index < -0.39 is 0 Å². The number of amides is 1. The van der Waals surface area contributed by atoms with E-state index in [0.29, 0.717) is 0 Å². The number of hydrogen-bond acceptors (Lipinski definition) is 2. The molecule has 1 aliphatic rings. The molecule has 1 aliphatic carbocycles. The first kappa shape index (κ1) is 6.55. The summed E-state index contributed by atoms with van der Waals surface area (Å²) in [5.41, 5.74) is 0. The Hall–Kier alpha value is -0.570. The van der Waals surface area contributed by atoms with Gasteiger partial charge in [0.2, 0.25) is 5.91 Å². The molecule has 0 spiro atoms. The largest absolute Gasteiger partial charge is 0.396 e. The van der Waals surface area contributed by atoms with Crippen LogP contribution < -0.4 is 5.32 Å². The first-order chi connectivity index (χ1) is 4.29. The molecular weight excluding hydrogens is 118 g/mol. The van der Waals surface area contributed by atoms with Gasteiger partial charge in [0.1, 0.15) is 0 Å². The lowest BCUT2D eigenvalue weighted by atomic mass is 10.3. The quantitative estimate of drug-likeness (QED) is 0.521. The van der Waals surface area contributed by atoms with Crippen molar-refractivity contribution in [3.8, 4) is 0 Å². The van der Waals surface area contributed by atoms with Crippen LogP contribution in [0.15, 0.2) is 0 Å². The third-order valence-electron chi connectivity index (χ3n) is 1.74. The van der Waals surface area contributed by atoms with Crippen molar-refractivity contribution in [3.63, 3.8) is 0 Å². The molecule has 0 heterocycles. The summed E-state index contributed by atoms with van der Waals surface area (Å²) in [7, 11) is 1.62. The van der Waals surface area contributed by atoms with Crippen molar-refractivity contribution >= 4 is 5.91 Å². The summed E-state index contributed by atoms with van der Waals surface area (Å²) in [6.07, 6.45) is 0.857. The molecule has 0 aromatic rings. The van der Waals surface area contributed by atoms with E-state index in [9.17, 15) is 4.79 Å². The summed E-state index contributed by atoms with van der Waals surface area (Å²) in [5.74, 6) is 0.402. The van der Waals surface area contributed by atoms with Gasteiger partial charge in [0, 0.05) is 19.6 Å². The number of aliphatic hydroxyl groups is 1. The zero-order chi connectivity index (χ0) is 6.85. The molecule has 0 aromatic carbocycles. The molecule has 3 nitrogen and oxygen atoms in total. The standard InChI is InChI=1S/C6H11NO2/c1-7-6(9)5-2-4(5)3-8/h4-5,8H,2-3H2,1H3,(H,7,9)/t4-,5+/m0/s1. The van der Waals surface area contributed by atoms with Gasteiger partial charge in [-0.1, -0.05) is 0 Å². The SMILES string of the molecule is CNC(=O)[C@@H]1C[C@H]1CO. The van der Waals surface area contributed by atoms with Crippen LogP contribution in [-0.2, 0) is 4.79 Å². The van der Waals surface area contributed by atoms with Gasteiger partial charge in [-0.3, -0.25) is 4.79 Å². The highest BCUT2D eigenvalue weighted by molar-refractivity contribution is 5.81. The maximum atomic E-state index is 10.7.